The molecule has 122 valence electrons. The second-order valence-electron chi connectivity index (χ2n) is 5.65. The molecule has 1 aliphatic heterocycles. The molecule has 4 nitrogen and oxygen atoms in total. The van der Waals surface area contributed by atoms with Crippen molar-refractivity contribution >= 4 is 28.7 Å². The molecule has 0 aromatic heterocycles. The fraction of sp³-hybridized carbons (Fsp3) is 0.0476. The van der Waals surface area contributed by atoms with Gasteiger partial charge in [0.05, 0.1) is 18.5 Å². The standard InChI is InChI=1S/C21H16N2O2/c1-25-17-13-11-15(12-14-17)22-20-18-9-5-6-10-19(18)23(21(20)24)16-7-3-2-4-8-16/h2-14H,1H3/b22-20-. The van der Waals surface area contributed by atoms with Crippen LogP contribution >= 0.6 is 0 Å². The second-order valence-corrected chi connectivity index (χ2v) is 5.65. The van der Waals surface area contributed by atoms with Gasteiger partial charge in [0, 0.05) is 11.3 Å². The highest BCUT2D eigenvalue weighted by Crippen LogP contribution is 2.36. The average molecular weight is 328 g/mol. The van der Waals surface area contributed by atoms with Crippen molar-refractivity contribution in [3.05, 3.63) is 84.4 Å². The third-order valence-electron chi connectivity index (χ3n) is 4.13. The average Bonchev–Trinajstić information content (AvgIpc) is 2.95. The number of methoxy groups -OCH3 is 1. The van der Waals surface area contributed by atoms with Gasteiger partial charge in [-0.3, -0.25) is 9.69 Å². The van der Waals surface area contributed by atoms with E-state index in [1.54, 1.807) is 12.0 Å². The summed E-state index contributed by atoms with van der Waals surface area (Å²) in [6.07, 6.45) is 0. The largest absolute Gasteiger partial charge is 0.497 e. The Balaban J connectivity index is 1.81. The first-order valence-corrected chi connectivity index (χ1v) is 7.99. The number of fused-ring (bicyclic) bond motifs is 1. The number of anilines is 2. The zero-order chi connectivity index (χ0) is 17.2. The summed E-state index contributed by atoms with van der Waals surface area (Å²) in [4.78, 5) is 19.4. The minimum atomic E-state index is -0.122. The molecule has 1 amide bonds. The highest BCUT2D eigenvalue weighted by atomic mass is 16.5. The number of carbonyl (C=O) groups excluding carboxylic acids is 1. The number of ether oxygens (including phenoxy) is 1. The van der Waals surface area contributed by atoms with Crippen LogP contribution in [0.25, 0.3) is 0 Å². The first-order valence-electron chi connectivity index (χ1n) is 7.99. The van der Waals surface area contributed by atoms with Crippen LogP contribution in [-0.4, -0.2) is 18.7 Å². The van der Waals surface area contributed by atoms with Crippen molar-refractivity contribution in [1.29, 1.82) is 0 Å². The highest BCUT2D eigenvalue weighted by Gasteiger charge is 2.34. The summed E-state index contributed by atoms with van der Waals surface area (Å²) in [6.45, 7) is 0. The molecule has 0 bridgehead atoms. The van der Waals surface area contributed by atoms with E-state index in [1.807, 2.05) is 78.9 Å². The van der Waals surface area contributed by atoms with Gasteiger partial charge in [0.2, 0.25) is 0 Å². The summed E-state index contributed by atoms with van der Waals surface area (Å²) in [5, 5.41) is 0. The van der Waals surface area contributed by atoms with Crippen LogP contribution in [0, 0.1) is 0 Å². The number of nitrogens with zero attached hydrogens (tertiary/aromatic N) is 2. The molecule has 3 aromatic rings. The summed E-state index contributed by atoms with van der Waals surface area (Å²) in [5.41, 5.74) is 3.69. The molecule has 0 N–H and O–H groups in total. The Kier molecular flexibility index (Phi) is 3.78. The van der Waals surface area contributed by atoms with Gasteiger partial charge < -0.3 is 4.74 Å². The number of para-hydroxylation sites is 2. The summed E-state index contributed by atoms with van der Waals surface area (Å²) in [7, 11) is 1.62. The molecule has 25 heavy (non-hydrogen) atoms. The van der Waals surface area contributed by atoms with Gasteiger partial charge in [0.25, 0.3) is 5.91 Å². The van der Waals surface area contributed by atoms with E-state index >= 15 is 0 Å². The Labute approximate surface area is 146 Å². The molecule has 0 unspecified atom stereocenters. The number of hydrogen-bond acceptors (Lipinski definition) is 3. The van der Waals surface area contributed by atoms with Gasteiger partial charge in [-0.2, -0.15) is 0 Å². The Morgan fingerprint density at radius 2 is 1.52 bits per heavy atom. The summed E-state index contributed by atoms with van der Waals surface area (Å²) >= 11 is 0. The first kappa shape index (κ1) is 15.1. The van der Waals surface area contributed by atoms with Gasteiger partial charge in [-0.05, 0) is 42.5 Å². The molecule has 0 saturated heterocycles. The summed E-state index contributed by atoms with van der Waals surface area (Å²) in [6, 6.07) is 24.7. The Bertz CT molecular complexity index is 947. The predicted molar refractivity (Wildman–Crippen MR) is 99.2 cm³/mol. The molecule has 1 aliphatic rings. The van der Waals surface area contributed by atoms with E-state index in [0.717, 1.165) is 22.7 Å². The normalized spacial score (nSPS) is 14.7. The fourth-order valence-corrected chi connectivity index (χ4v) is 2.93. The van der Waals surface area contributed by atoms with E-state index in [4.69, 9.17) is 4.74 Å². The smallest absolute Gasteiger partial charge is 0.282 e. The lowest BCUT2D eigenvalue weighted by molar-refractivity contribution is -0.111. The van der Waals surface area contributed by atoms with E-state index in [-0.39, 0.29) is 5.91 Å². The molecule has 0 spiro atoms. The van der Waals surface area contributed by atoms with Crippen molar-refractivity contribution in [2.75, 3.05) is 12.0 Å². The molecule has 3 aromatic carbocycles. The Morgan fingerprint density at radius 3 is 2.24 bits per heavy atom. The Morgan fingerprint density at radius 1 is 0.840 bits per heavy atom. The third-order valence-corrected chi connectivity index (χ3v) is 4.13. The molecule has 0 radical (unpaired) electrons. The number of benzene rings is 3. The van der Waals surface area contributed by atoms with Crippen LogP contribution in [0.2, 0.25) is 0 Å². The van der Waals surface area contributed by atoms with Crippen molar-refractivity contribution in [1.82, 2.24) is 0 Å². The Hall–Kier alpha value is -3.40. The van der Waals surface area contributed by atoms with Crippen molar-refractivity contribution in [3.8, 4) is 5.75 Å². The van der Waals surface area contributed by atoms with Crippen molar-refractivity contribution in [2.45, 2.75) is 0 Å². The SMILES string of the molecule is COc1ccc(/N=C2\C(=O)N(c3ccccc3)c3ccccc32)cc1. The van der Waals surface area contributed by atoms with Crippen LogP contribution in [0.3, 0.4) is 0 Å². The molecule has 4 rings (SSSR count). The molecule has 0 fully saturated rings. The first-order chi connectivity index (χ1) is 12.3. The van der Waals surface area contributed by atoms with Gasteiger partial charge in [-0.15, -0.1) is 0 Å². The van der Waals surface area contributed by atoms with E-state index in [2.05, 4.69) is 4.99 Å². The summed E-state index contributed by atoms with van der Waals surface area (Å²) in [5.74, 6) is 0.635. The number of amides is 1. The van der Waals surface area contributed by atoms with Crippen LogP contribution in [0.15, 0.2) is 83.9 Å². The lowest BCUT2D eigenvalue weighted by Gasteiger charge is -2.16. The molecule has 0 atom stereocenters. The quantitative estimate of drug-likeness (QED) is 0.710. The van der Waals surface area contributed by atoms with E-state index in [9.17, 15) is 4.79 Å². The topological polar surface area (TPSA) is 41.9 Å². The van der Waals surface area contributed by atoms with Crippen LogP contribution in [-0.2, 0) is 4.79 Å². The van der Waals surface area contributed by atoms with Crippen LogP contribution in [0.5, 0.6) is 5.75 Å². The third kappa shape index (κ3) is 2.68. The second kappa shape index (κ2) is 6.24. The van der Waals surface area contributed by atoms with Gasteiger partial charge in [0.15, 0.2) is 0 Å². The van der Waals surface area contributed by atoms with Gasteiger partial charge in [-0.25, -0.2) is 4.99 Å². The monoisotopic (exact) mass is 328 g/mol. The van der Waals surface area contributed by atoms with Gasteiger partial charge in [-0.1, -0.05) is 36.4 Å². The molecule has 1 heterocycles. The zero-order valence-electron chi connectivity index (χ0n) is 13.7. The van der Waals surface area contributed by atoms with Gasteiger partial charge >= 0.3 is 0 Å². The van der Waals surface area contributed by atoms with Crippen LogP contribution in [0.4, 0.5) is 17.1 Å². The number of hydrogen-bond donors (Lipinski definition) is 0. The number of aliphatic imine (C=N–C) groups is 1. The van der Waals surface area contributed by atoms with Crippen molar-refractivity contribution in [2.24, 2.45) is 4.99 Å². The fourth-order valence-electron chi connectivity index (χ4n) is 2.93. The maximum Gasteiger partial charge on any atom is 0.282 e. The maximum atomic E-state index is 13.1. The maximum absolute atomic E-state index is 13.1. The molecular formula is C21H16N2O2. The molecule has 0 saturated carbocycles. The van der Waals surface area contributed by atoms with Crippen molar-refractivity contribution in [3.63, 3.8) is 0 Å². The van der Waals surface area contributed by atoms with Crippen molar-refractivity contribution < 1.29 is 9.53 Å². The minimum Gasteiger partial charge on any atom is -0.497 e. The zero-order valence-corrected chi connectivity index (χ0v) is 13.7. The molecular weight excluding hydrogens is 312 g/mol. The predicted octanol–water partition coefficient (Wildman–Crippen LogP) is 4.49. The highest BCUT2D eigenvalue weighted by molar-refractivity contribution is 6.56. The van der Waals surface area contributed by atoms with Gasteiger partial charge in [0.1, 0.15) is 11.5 Å². The number of rotatable bonds is 3. The molecule has 0 aliphatic carbocycles. The van der Waals surface area contributed by atoms with Crippen LogP contribution < -0.4 is 9.64 Å². The minimum absolute atomic E-state index is 0.122. The summed E-state index contributed by atoms with van der Waals surface area (Å²) < 4.78 is 5.17. The van der Waals surface area contributed by atoms with E-state index in [0.29, 0.717) is 11.4 Å². The lowest BCUT2D eigenvalue weighted by atomic mass is 10.1. The van der Waals surface area contributed by atoms with Crippen LogP contribution in [0.1, 0.15) is 5.56 Å². The lowest BCUT2D eigenvalue weighted by Crippen LogP contribution is -2.25. The van der Waals surface area contributed by atoms with E-state index < -0.39 is 0 Å². The van der Waals surface area contributed by atoms with E-state index in [1.165, 1.54) is 0 Å². The number of carbonyl (C=O) groups is 1. The molecule has 4 heteroatoms.